The van der Waals surface area contributed by atoms with Gasteiger partial charge in [-0.1, -0.05) is 54.9 Å². The van der Waals surface area contributed by atoms with Crippen LogP contribution in [0.5, 0.6) is 0 Å². The highest BCUT2D eigenvalue weighted by molar-refractivity contribution is 7.22. The number of thiazole rings is 1. The first-order chi connectivity index (χ1) is 21.5. The molecule has 6 aromatic rings. The topological polar surface area (TPSA) is 109 Å². The van der Waals surface area contributed by atoms with Gasteiger partial charge in [0.2, 0.25) is 0 Å². The van der Waals surface area contributed by atoms with Crippen LogP contribution in [0.15, 0.2) is 59.4 Å². The number of amides is 1. The largest absolute Gasteiger partial charge is 0.352 e. The van der Waals surface area contributed by atoms with Crippen molar-refractivity contribution in [1.82, 2.24) is 24.7 Å². The number of H-pyrrole nitrogens is 1. The van der Waals surface area contributed by atoms with Gasteiger partial charge in [-0.05, 0) is 73.6 Å². The average Bonchev–Trinajstić information content (AvgIpc) is 3.60. The molecule has 8 rings (SSSR count). The van der Waals surface area contributed by atoms with E-state index in [1.54, 1.807) is 0 Å². The minimum atomic E-state index is -0.232. The van der Waals surface area contributed by atoms with Gasteiger partial charge < -0.3 is 9.88 Å². The zero-order chi connectivity index (χ0) is 29.8. The number of rotatable bonds is 5. The van der Waals surface area contributed by atoms with Gasteiger partial charge in [-0.25, -0.2) is 9.97 Å². The Labute approximate surface area is 257 Å². The lowest BCUT2D eigenvalue weighted by atomic mass is 9.89. The van der Waals surface area contributed by atoms with Gasteiger partial charge in [0.1, 0.15) is 11.3 Å². The first-order valence-electron chi connectivity index (χ1n) is 15.4. The molecule has 0 saturated heterocycles. The summed E-state index contributed by atoms with van der Waals surface area (Å²) in [6, 6.07) is 17.8. The van der Waals surface area contributed by atoms with Crippen molar-refractivity contribution in [2.24, 2.45) is 5.92 Å². The molecule has 1 aliphatic carbocycles. The van der Waals surface area contributed by atoms with Crippen LogP contribution in [-0.2, 0) is 19.5 Å². The first kappa shape index (κ1) is 27.0. The second-order valence-corrected chi connectivity index (χ2v) is 13.1. The number of carbonyl (C=O) groups excluding carboxylic acids is 1. The lowest BCUT2D eigenvalue weighted by molar-refractivity contribution is 0.102. The van der Waals surface area contributed by atoms with E-state index < -0.39 is 0 Å². The number of carbonyl (C=O) groups is 1. The number of fused-ring (bicyclic) bond motifs is 5. The highest BCUT2D eigenvalue weighted by Crippen LogP contribution is 2.32. The molecule has 4 aromatic heterocycles. The fourth-order valence-corrected chi connectivity index (χ4v) is 7.85. The number of nitrogens with one attached hydrogen (secondary N) is 2. The number of hydrogen-bond acceptors (Lipinski definition) is 7. The van der Waals surface area contributed by atoms with Crippen molar-refractivity contribution in [3.63, 3.8) is 0 Å². The summed E-state index contributed by atoms with van der Waals surface area (Å²) in [5, 5.41) is 10.2. The van der Waals surface area contributed by atoms with E-state index in [9.17, 15) is 9.59 Å². The SMILES string of the molecule is Cc1c2c(nn1CC1CCCCC1)[nH]c(=O)c1nc(N3CCc4cccc(C(=O)Nc5nc6ccccc6s5)c4C3)ccc12. The van der Waals surface area contributed by atoms with Gasteiger partial charge in [0.15, 0.2) is 10.8 Å². The Bertz CT molecular complexity index is 2090. The molecule has 0 radical (unpaired) electrons. The summed E-state index contributed by atoms with van der Waals surface area (Å²) in [4.78, 5) is 41.4. The molecule has 0 spiro atoms. The van der Waals surface area contributed by atoms with Crippen molar-refractivity contribution in [3.8, 4) is 0 Å². The monoisotopic (exact) mass is 603 g/mol. The average molecular weight is 604 g/mol. The van der Waals surface area contributed by atoms with Gasteiger partial charge in [-0.15, -0.1) is 0 Å². The summed E-state index contributed by atoms with van der Waals surface area (Å²) in [7, 11) is 0. The lowest BCUT2D eigenvalue weighted by Gasteiger charge is -2.31. The van der Waals surface area contributed by atoms with Crippen LogP contribution in [-0.4, -0.2) is 37.2 Å². The molecule has 1 fully saturated rings. The van der Waals surface area contributed by atoms with E-state index >= 15 is 0 Å². The Morgan fingerprint density at radius 3 is 2.77 bits per heavy atom. The molecule has 1 saturated carbocycles. The summed E-state index contributed by atoms with van der Waals surface area (Å²) < 4.78 is 3.11. The smallest absolute Gasteiger partial charge is 0.276 e. The Hall–Kier alpha value is -4.57. The molecule has 2 aromatic carbocycles. The molecular formula is C34H33N7O2S. The zero-order valence-corrected chi connectivity index (χ0v) is 25.4. The lowest BCUT2D eigenvalue weighted by Crippen LogP contribution is -2.33. The molecule has 1 aliphatic heterocycles. The Kier molecular flexibility index (Phi) is 6.66. The zero-order valence-electron chi connectivity index (χ0n) is 24.6. The van der Waals surface area contributed by atoms with E-state index in [1.165, 1.54) is 43.4 Å². The van der Waals surface area contributed by atoms with Gasteiger partial charge in [-0.3, -0.25) is 19.6 Å². The maximum absolute atomic E-state index is 13.5. The summed E-state index contributed by atoms with van der Waals surface area (Å²) in [5.74, 6) is 1.19. The third-order valence-electron chi connectivity index (χ3n) is 9.32. The number of hydrogen-bond donors (Lipinski definition) is 2. The number of pyridine rings is 2. The summed E-state index contributed by atoms with van der Waals surface area (Å²) in [6.07, 6.45) is 7.15. The van der Waals surface area contributed by atoms with Gasteiger partial charge in [-0.2, -0.15) is 5.10 Å². The molecule has 1 amide bonds. The quantitative estimate of drug-likeness (QED) is 0.230. The van der Waals surface area contributed by atoms with Crippen molar-refractivity contribution >= 4 is 60.3 Å². The van der Waals surface area contributed by atoms with Crippen LogP contribution < -0.4 is 15.8 Å². The molecule has 44 heavy (non-hydrogen) atoms. The second kappa shape index (κ2) is 10.9. The van der Waals surface area contributed by atoms with Crippen LogP contribution in [0.3, 0.4) is 0 Å². The summed E-state index contributed by atoms with van der Waals surface area (Å²) >= 11 is 1.47. The predicted molar refractivity (Wildman–Crippen MR) is 176 cm³/mol. The molecule has 222 valence electrons. The van der Waals surface area contributed by atoms with Crippen molar-refractivity contribution in [1.29, 1.82) is 0 Å². The van der Waals surface area contributed by atoms with Crippen molar-refractivity contribution in [2.75, 3.05) is 16.8 Å². The Balaban J connectivity index is 1.09. The standard InChI is InChI=1S/C34H33N7O2S/c1-20-29-24-14-15-28(36-30(24)33(43)37-31(29)39-41(20)18-21-8-3-2-4-9-21)40-17-16-22-10-7-11-23(25(22)19-40)32(42)38-34-35-26-12-5-6-13-27(26)44-34/h5-7,10-15,21H,2-4,8-9,16-19H2,1H3,(H,35,38,42)(H,37,39,43). The third kappa shape index (κ3) is 4.73. The maximum atomic E-state index is 13.5. The molecule has 9 nitrogen and oxygen atoms in total. The van der Waals surface area contributed by atoms with Crippen LogP contribution >= 0.6 is 11.3 Å². The van der Waals surface area contributed by atoms with Crippen LogP contribution in [0.4, 0.5) is 10.9 Å². The van der Waals surface area contributed by atoms with Crippen LogP contribution in [0.1, 0.15) is 59.3 Å². The molecule has 5 heterocycles. The molecule has 2 aliphatic rings. The van der Waals surface area contributed by atoms with Gasteiger partial charge in [0, 0.05) is 41.7 Å². The van der Waals surface area contributed by atoms with E-state index in [0.29, 0.717) is 34.3 Å². The Morgan fingerprint density at radius 1 is 1.05 bits per heavy atom. The van der Waals surface area contributed by atoms with E-state index in [2.05, 4.69) is 37.9 Å². The summed E-state index contributed by atoms with van der Waals surface area (Å²) in [5.41, 5.74) is 5.51. The third-order valence-corrected chi connectivity index (χ3v) is 10.3. The van der Waals surface area contributed by atoms with Crippen LogP contribution in [0.25, 0.3) is 32.2 Å². The van der Waals surface area contributed by atoms with E-state index in [1.807, 2.05) is 48.5 Å². The fraction of sp³-hybridized carbons (Fsp3) is 0.324. The highest BCUT2D eigenvalue weighted by Gasteiger charge is 2.25. The number of aromatic amines is 1. The minimum Gasteiger partial charge on any atom is -0.352 e. The van der Waals surface area contributed by atoms with E-state index in [0.717, 1.165) is 63.1 Å². The molecular weight excluding hydrogens is 570 g/mol. The first-order valence-corrected chi connectivity index (χ1v) is 16.3. The van der Waals surface area contributed by atoms with E-state index in [-0.39, 0.29) is 11.5 Å². The normalized spacial score (nSPS) is 15.7. The van der Waals surface area contributed by atoms with Crippen LogP contribution in [0, 0.1) is 12.8 Å². The number of anilines is 2. The predicted octanol–water partition coefficient (Wildman–Crippen LogP) is 6.59. The number of benzene rings is 2. The number of para-hydroxylation sites is 1. The van der Waals surface area contributed by atoms with Crippen molar-refractivity contribution in [3.05, 3.63) is 87.3 Å². The van der Waals surface area contributed by atoms with Crippen molar-refractivity contribution in [2.45, 2.75) is 58.5 Å². The van der Waals surface area contributed by atoms with Gasteiger partial charge >= 0.3 is 0 Å². The Morgan fingerprint density at radius 2 is 1.91 bits per heavy atom. The molecule has 2 N–H and O–H groups in total. The van der Waals surface area contributed by atoms with E-state index in [4.69, 9.17) is 10.1 Å². The molecule has 0 atom stereocenters. The van der Waals surface area contributed by atoms with Gasteiger partial charge in [0.25, 0.3) is 11.5 Å². The summed E-state index contributed by atoms with van der Waals surface area (Å²) in [6.45, 7) is 4.24. The van der Waals surface area contributed by atoms with Crippen molar-refractivity contribution < 1.29 is 4.79 Å². The number of aryl methyl sites for hydroxylation is 1. The maximum Gasteiger partial charge on any atom is 0.276 e. The molecule has 0 bridgehead atoms. The fourth-order valence-electron chi connectivity index (χ4n) is 6.99. The van der Waals surface area contributed by atoms with Crippen LogP contribution in [0.2, 0.25) is 0 Å². The second-order valence-electron chi connectivity index (χ2n) is 12.1. The van der Waals surface area contributed by atoms with Gasteiger partial charge in [0.05, 0.1) is 10.2 Å². The highest BCUT2D eigenvalue weighted by atomic mass is 32.1. The number of nitrogens with zero attached hydrogens (tertiary/aromatic N) is 5. The molecule has 0 unspecified atom stereocenters. The minimum absolute atomic E-state index is 0.172. The molecule has 10 heteroatoms. The number of aromatic nitrogens is 5.